The largest absolute Gasteiger partial charge is 0.484 e. The molecular weight excluding hydrogens is 418 g/mol. The first kappa shape index (κ1) is 23.0. The highest BCUT2D eigenvalue weighted by atomic mass is 16.5. The molecule has 1 saturated carbocycles. The molecule has 2 aromatic heterocycles. The Hall–Kier alpha value is -3.22. The summed E-state index contributed by atoms with van der Waals surface area (Å²) in [6.07, 6.45) is 5.90. The highest BCUT2D eigenvalue weighted by molar-refractivity contribution is 6.06. The summed E-state index contributed by atoms with van der Waals surface area (Å²) in [5.41, 5.74) is 7.27. The number of aromatic nitrogens is 2. The van der Waals surface area contributed by atoms with Crippen molar-refractivity contribution in [3.05, 3.63) is 53.0 Å². The molecular formula is C26H33N3O4. The molecule has 1 fully saturated rings. The molecule has 0 unspecified atom stereocenters. The first-order chi connectivity index (χ1) is 15.9. The molecule has 0 aliphatic heterocycles. The number of carbonyl (C=O) groups is 2. The second kappa shape index (κ2) is 9.73. The lowest BCUT2D eigenvalue weighted by molar-refractivity contribution is -0.119. The molecule has 0 atom stereocenters. The molecule has 0 bridgehead atoms. The summed E-state index contributed by atoms with van der Waals surface area (Å²) in [7, 11) is 0. The van der Waals surface area contributed by atoms with Gasteiger partial charge in [-0.1, -0.05) is 19.3 Å². The number of esters is 1. The number of amides is 1. The van der Waals surface area contributed by atoms with E-state index < -0.39 is 0 Å². The summed E-state index contributed by atoms with van der Waals surface area (Å²) in [5, 5.41) is 0.812. The van der Waals surface area contributed by atoms with E-state index in [2.05, 4.69) is 9.99 Å². The van der Waals surface area contributed by atoms with Crippen molar-refractivity contribution >= 4 is 22.8 Å². The zero-order valence-corrected chi connectivity index (χ0v) is 19.9. The summed E-state index contributed by atoms with van der Waals surface area (Å²) in [6.45, 7) is 7.87. The van der Waals surface area contributed by atoms with Crippen molar-refractivity contribution in [3.63, 3.8) is 0 Å². The van der Waals surface area contributed by atoms with Crippen LogP contribution in [-0.4, -0.2) is 34.3 Å². The summed E-state index contributed by atoms with van der Waals surface area (Å²) in [4.78, 5) is 25.3. The van der Waals surface area contributed by atoms with Gasteiger partial charge in [0.2, 0.25) is 0 Å². The van der Waals surface area contributed by atoms with Crippen molar-refractivity contribution in [1.29, 1.82) is 0 Å². The highest BCUT2D eigenvalue weighted by Crippen LogP contribution is 2.37. The van der Waals surface area contributed by atoms with Crippen LogP contribution in [0.15, 0.2) is 30.3 Å². The van der Waals surface area contributed by atoms with Crippen molar-refractivity contribution < 1.29 is 19.1 Å². The number of fused-ring (bicyclic) bond motifs is 1. The molecule has 0 radical (unpaired) electrons. The molecule has 1 amide bonds. The average molecular weight is 452 g/mol. The van der Waals surface area contributed by atoms with E-state index >= 15 is 0 Å². The van der Waals surface area contributed by atoms with Gasteiger partial charge in [0.05, 0.1) is 12.2 Å². The molecule has 33 heavy (non-hydrogen) atoms. The molecule has 7 heteroatoms. The van der Waals surface area contributed by atoms with E-state index in [1.165, 1.54) is 19.3 Å². The number of carbonyl (C=O) groups excluding carboxylic acids is 2. The lowest BCUT2D eigenvalue weighted by Gasteiger charge is -2.26. The Balaban J connectivity index is 1.60. The Labute approximate surface area is 194 Å². The van der Waals surface area contributed by atoms with Crippen LogP contribution < -0.4 is 10.2 Å². The van der Waals surface area contributed by atoms with Gasteiger partial charge in [0.1, 0.15) is 5.75 Å². The van der Waals surface area contributed by atoms with Crippen LogP contribution in [-0.2, 0) is 9.53 Å². The lowest BCUT2D eigenvalue weighted by Crippen LogP contribution is -2.29. The Bertz CT molecular complexity index is 1150. The van der Waals surface area contributed by atoms with Gasteiger partial charge in [-0.15, -0.1) is 0 Å². The monoisotopic (exact) mass is 451 g/mol. The van der Waals surface area contributed by atoms with Crippen molar-refractivity contribution in [3.8, 4) is 5.75 Å². The van der Waals surface area contributed by atoms with Crippen LogP contribution in [0.3, 0.4) is 0 Å². The minimum absolute atomic E-state index is 0.125. The first-order valence-corrected chi connectivity index (χ1v) is 11.8. The van der Waals surface area contributed by atoms with Crippen molar-refractivity contribution in [2.45, 2.75) is 65.8 Å². The van der Waals surface area contributed by atoms with Gasteiger partial charge in [-0.25, -0.2) is 4.79 Å². The maximum atomic E-state index is 12.9. The third-order valence-electron chi connectivity index (χ3n) is 6.52. The molecule has 0 spiro atoms. The SMILES string of the molecule is CCOC(=O)c1c(C)n(C2CCCCC2)c2ccc(OCC(=O)Nn3c(C)ccc3C)cc12. The number of nitrogens with zero attached hydrogens (tertiary/aromatic N) is 2. The van der Waals surface area contributed by atoms with Gasteiger partial charge in [0.25, 0.3) is 5.91 Å². The van der Waals surface area contributed by atoms with Crippen molar-refractivity contribution in [2.75, 3.05) is 18.6 Å². The zero-order chi connectivity index (χ0) is 23.5. The van der Waals surface area contributed by atoms with Gasteiger partial charge in [-0.2, -0.15) is 0 Å². The molecule has 1 aromatic carbocycles. The average Bonchev–Trinajstić information content (AvgIpc) is 3.28. The van der Waals surface area contributed by atoms with Crippen LogP contribution >= 0.6 is 0 Å². The van der Waals surface area contributed by atoms with Crippen LogP contribution in [0.2, 0.25) is 0 Å². The van der Waals surface area contributed by atoms with Gasteiger partial charge in [-0.05, 0) is 70.9 Å². The number of hydrogen-bond acceptors (Lipinski definition) is 4. The fourth-order valence-electron chi connectivity index (χ4n) is 4.93. The lowest BCUT2D eigenvalue weighted by atomic mass is 9.95. The van der Waals surface area contributed by atoms with Crippen molar-refractivity contribution in [1.82, 2.24) is 9.24 Å². The molecule has 3 aromatic rings. The van der Waals surface area contributed by atoms with E-state index in [9.17, 15) is 9.59 Å². The van der Waals surface area contributed by atoms with Gasteiger partial charge in [0.15, 0.2) is 6.61 Å². The zero-order valence-electron chi connectivity index (χ0n) is 19.9. The third-order valence-corrected chi connectivity index (χ3v) is 6.52. The normalized spacial score (nSPS) is 14.4. The third kappa shape index (κ3) is 4.63. The Morgan fingerprint density at radius 1 is 1.03 bits per heavy atom. The maximum Gasteiger partial charge on any atom is 0.340 e. The second-order valence-electron chi connectivity index (χ2n) is 8.80. The smallest absolute Gasteiger partial charge is 0.340 e. The standard InChI is InChI=1S/C26H33N3O4/c1-5-32-26(31)25-19(4)28(20-9-7-6-8-10-20)23-14-13-21(15-22(23)25)33-16-24(30)27-29-17(2)11-12-18(29)3/h11-15,20H,5-10,16H2,1-4H3,(H,27,30). The predicted molar refractivity (Wildman–Crippen MR) is 129 cm³/mol. The number of rotatable bonds is 7. The molecule has 1 aliphatic carbocycles. The van der Waals surface area contributed by atoms with E-state index in [-0.39, 0.29) is 18.5 Å². The van der Waals surface area contributed by atoms with Crippen LogP contribution in [0.1, 0.15) is 72.5 Å². The Morgan fingerprint density at radius 3 is 2.39 bits per heavy atom. The fraction of sp³-hybridized carbons (Fsp3) is 0.462. The van der Waals surface area contributed by atoms with Crippen LogP contribution in [0.4, 0.5) is 0 Å². The molecule has 7 nitrogen and oxygen atoms in total. The number of aryl methyl sites for hydroxylation is 2. The van der Waals surface area contributed by atoms with E-state index in [1.807, 2.05) is 58.0 Å². The van der Waals surface area contributed by atoms with Crippen molar-refractivity contribution in [2.24, 2.45) is 0 Å². The van der Waals surface area contributed by atoms with E-state index in [4.69, 9.17) is 9.47 Å². The molecule has 176 valence electrons. The van der Waals surface area contributed by atoms with Gasteiger partial charge < -0.3 is 14.0 Å². The second-order valence-corrected chi connectivity index (χ2v) is 8.80. The molecule has 1 N–H and O–H groups in total. The number of hydrogen-bond donors (Lipinski definition) is 1. The minimum atomic E-state index is -0.317. The molecule has 1 aliphatic rings. The van der Waals surface area contributed by atoms with E-state index in [0.717, 1.165) is 40.8 Å². The maximum absolute atomic E-state index is 12.9. The quantitative estimate of drug-likeness (QED) is 0.501. The summed E-state index contributed by atoms with van der Waals surface area (Å²) in [6, 6.07) is 9.99. The number of nitrogens with one attached hydrogen (secondary N) is 1. The van der Waals surface area contributed by atoms with Crippen LogP contribution in [0, 0.1) is 20.8 Å². The summed E-state index contributed by atoms with van der Waals surface area (Å²) >= 11 is 0. The number of ether oxygens (including phenoxy) is 2. The Kier molecular flexibility index (Phi) is 6.77. The van der Waals surface area contributed by atoms with E-state index in [1.54, 1.807) is 4.68 Å². The summed E-state index contributed by atoms with van der Waals surface area (Å²) < 4.78 is 15.2. The molecule has 0 saturated heterocycles. The van der Waals surface area contributed by atoms with Crippen LogP contribution in [0.25, 0.3) is 10.9 Å². The summed E-state index contributed by atoms with van der Waals surface area (Å²) in [5.74, 6) is -0.0213. The van der Waals surface area contributed by atoms with Crippen LogP contribution in [0.5, 0.6) is 5.75 Å². The van der Waals surface area contributed by atoms with E-state index in [0.29, 0.717) is 24.0 Å². The van der Waals surface area contributed by atoms with Gasteiger partial charge >= 0.3 is 5.97 Å². The topological polar surface area (TPSA) is 74.5 Å². The molecule has 2 heterocycles. The minimum Gasteiger partial charge on any atom is -0.484 e. The first-order valence-electron chi connectivity index (χ1n) is 11.8. The number of benzene rings is 1. The fourth-order valence-corrected chi connectivity index (χ4v) is 4.93. The van der Waals surface area contributed by atoms with Gasteiger partial charge in [0, 0.05) is 34.0 Å². The molecule has 4 rings (SSSR count). The van der Waals surface area contributed by atoms with Gasteiger partial charge in [-0.3, -0.25) is 14.9 Å². The highest BCUT2D eigenvalue weighted by Gasteiger charge is 2.26. The Morgan fingerprint density at radius 2 is 1.73 bits per heavy atom. The predicted octanol–water partition coefficient (Wildman–Crippen LogP) is 5.20.